The average Bonchev–Trinajstić information content (AvgIpc) is 3.15. The number of rotatable bonds is 6. The van der Waals surface area contributed by atoms with E-state index in [1.807, 2.05) is 66.9 Å². The maximum atomic E-state index is 13.0. The second-order valence-corrected chi connectivity index (χ2v) is 8.57. The molecule has 0 saturated carbocycles. The van der Waals surface area contributed by atoms with Gasteiger partial charge in [0.1, 0.15) is 17.2 Å². The highest BCUT2D eigenvalue weighted by molar-refractivity contribution is 7.89. The second kappa shape index (κ2) is 8.95. The Morgan fingerprint density at radius 3 is 2.40 bits per heavy atom. The molecule has 0 aliphatic heterocycles. The van der Waals surface area contributed by atoms with Crippen LogP contribution in [0.1, 0.15) is 13.8 Å². The van der Waals surface area contributed by atoms with Gasteiger partial charge in [0.15, 0.2) is 0 Å². The molecule has 0 unspecified atom stereocenters. The number of fused-ring (bicyclic) bond motifs is 1. The summed E-state index contributed by atoms with van der Waals surface area (Å²) < 4.78 is 29.5. The molecule has 0 amide bonds. The van der Waals surface area contributed by atoms with Gasteiger partial charge in [-0.3, -0.25) is 4.98 Å². The highest BCUT2D eigenvalue weighted by Gasteiger charge is 2.25. The van der Waals surface area contributed by atoms with Crippen molar-refractivity contribution in [3.63, 3.8) is 0 Å². The largest absolute Gasteiger partial charge is 1.00 e. The van der Waals surface area contributed by atoms with E-state index < -0.39 is 10.0 Å². The fraction of sp³-hybridized carbons (Fsp3) is 0.182. The summed E-state index contributed by atoms with van der Waals surface area (Å²) in [5, 5.41) is 0. The standard InChI is InChI=1S/C22H22N4O2S.ClH/c1-3-25(4-2)29(27,28)18-11-9-10-17(16-18)22-24-19-12-5-6-13-20(19)26(22)21-14-7-8-15-23-21;/h5-16H,3-4H2,1-2H3;1H. The molecular weight excluding hydrogens is 420 g/mol. The molecule has 2 heterocycles. The molecule has 2 aromatic carbocycles. The summed E-state index contributed by atoms with van der Waals surface area (Å²) in [7, 11) is -3.54. The number of nitrogens with zero attached hydrogens (tertiary/aromatic N) is 3. The number of hydrogen-bond acceptors (Lipinski definition) is 3. The lowest BCUT2D eigenvalue weighted by molar-refractivity contribution is -0.559. The molecule has 4 aromatic rings. The van der Waals surface area contributed by atoms with Crippen LogP contribution in [0.25, 0.3) is 28.2 Å². The summed E-state index contributed by atoms with van der Waals surface area (Å²) in [5.74, 6) is 1.54. The van der Waals surface area contributed by atoms with Crippen molar-refractivity contribution >= 4 is 21.1 Å². The lowest BCUT2D eigenvalue weighted by Gasteiger charge is -2.18. The number of hydrogen-bond donors (Lipinski definition) is 1. The highest BCUT2D eigenvalue weighted by atomic mass is 35.5. The van der Waals surface area contributed by atoms with Crippen LogP contribution in [0.5, 0.6) is 0 Å². The molecule has 0 bridgehead atoms. The second-order valence-electron chi connectivity index (χ2n) is 6.63. The van der Waals surface area contributed by atoms with E-state index in [4.69, 9.17) is 0 Å². The first-order chi connectivity index (χ1) is 14.1. The van der Waals surface area contributed by atoms with Crippen molar-refractivity contribution in [3.05, 3.63) is 72.9 Å². The zero-order valence-corrected chi connectivity index (χ0v) is 18.4. The van der Waals surface area contributed by atoms with E-state index in [-0.39, 0.29) is 17.3 Å². The number of H-pyrrole nitrogens is 1. The monoisotopic (exact) mass is 442 g/mol. The van der Waals surface area contributed by atoms with Gasteiger partial charge in [0, 0.05) is 24.7 Å². The molecule has 0 aliphatic carbocycles. The van der Waals surface area contributed by atoms with Crippen LogP contribution in [-0.4, -0.2) is 35.8 Å². The fourth-order valence-corrected chi connectivity index (χ4v) is 5.02. The third kappa shape index (κ3) is 3.84. The predicted octanol–water partition coefficient (Wildman–Crippen LogP) is 0.541. The third-order valence-corrected chi connectivity index (χ3v) is 7.00. The molecule has 0 fully saturated rings. The smallest absolute Gasteiger partial charge is 0.267 e. The Bertz CT molecular complexity index is 1250. The minimum Gasteiger partial charge on any atom is -1.00 e. The van der Waals surface area contributed by atoms with Crippen LogP contribution in [0.3, 0.4) is 0 Å². The van der Waals surface area contributed by atoms with E-state index in [1.165, 1.54) is 4.31 Å². The van der Waals surface area contributed by atoms with Gasteiger partial charge in [0.05, 0.1) is 4.90 Å². The molecule has 6 nitrogen and oxygen atoms in total. The molecule has 8 heteroatoms. The van der Waals surface area contributed by atoms with Crippen LogP contribution >= 0.6 is 0 Å². The first kappa shape index (κ1) is 22.0. The zero-order valence-electron chi connectivity index (χ0n) is 16.8. The molecule has 156 valence electrons. The van der Waals surface area contributed by atoms with Crippen LogP contribution in [0, 0.1) is 0 Å². The molecule has 0 saturated heterocycles. The molecule has 0 aliphatic rings. The SMILES string of the molecule is CCN(CC)S(=O)(=O)c1cccc(-c2[nH]c3ccccc3[n+]2-c2ccccn2)c1.[Cl-]. The predicted molar refractivity (Wildman–Crippen MR) is 113 cm³/mol. The number of para-hydroxylation sites is 2. The number of sulfonamides is 1. The number of nitrogens with one attached hydrogen (secondary N) is 1. The first-order valence-corrected chi connectivity index (χ1v) is 11.0. The van der Waals surface area contributed by atoms with Crippen LogP contribution < -0.4 is 17.0 Å². The lowest BCUT2D eigenvalue weighted by atomic mass is 10.2. The molecule has 30 heavy (non-hydrogen) atoms. The molecule has 1 N–H and O–H groups in total. The van der Waals surface area contributed by atoms with E-state index in [1.54, 1.807) is 24.4 Å². The van der Waals surface area contributed by atoms with Crippen molar-refractivity contribution in [2.24, 2.45) is 0 Å². The topological polar surface area (TPSA) is 69.9 Å². The Balaban J connectivity index is 0.00000256. The van der Waals surface area contributed by atoms with Crippen molar-refractivity contribution in [3.8, 4) is 17.2 Å². The first-order valence-electron chi connectivity index (χ1n) is 9.61. The Morgan fingerprint density at radius 1 is 0.967 bits per heavy atom. The molecular formula is C22H23ClN4O2S. The number of benzene rings is 2. The lowest BCUT2D eigenvalue weighted by Crippen LogP contribution is -3.00. The number of pyridine rings is 1. The summed E-state index contributed by atoms with van der Waals surface area (Å²) >= 11 is 0. The van der Waals surface area contributed by atoms with Crippen molar-refractivity contribution < 1.29 is 25.4 Å². The summed E-state index contributed by atoms with van der Waals surface area (Å²) in [5.41, 5.74) is 2.70. The highest BCUT2D eigenvalue weighted by Crippen LogP contribution is 2.24. The van der Waals surface area contributed by atoms with Crippen LogP contribution in [0.2, 0.25) is 0 Å². The minimum absolute atomic E-state index is 0. The van der Waals surface area contributed by atoms with Gasteiger partial charge >= 0.3 is 0 Å². The maximum absolute atomic E-state index is 13.0. The minimum atomic E-state index is -3.54. The summed E-state index contributed by atoms with van der Waals surface area (Å²) in [6, 6.07) is 20.7. The van der Waals surface area contributed by atoms with E-state index >= 15 is 0 Å². The summed E-state index contributed by atoms with van der Waals surface area (Å²) in [6.45, 7) is 4.56. The van der Waals surface area contributed by atoms with E-state index in [9.17, 15) is 8.42 Å². The van der Waals surface area contributed by atoms with Crippen LogP contribution in [-0.2, 0) is 10.0 Å². The van der Waals surface area contributed by atoms with Gasteiger partial charge in [-0.25, -0.2) is 8.42 Å². The van der Waals surface area contributed by atoms with Gasteiger partial charge in [0.2, 0.25) is 15.8 Å². The van der Waals surface area contributed by atoms with Gasteiger partial charge in [0.25, 0.3) is 5.82 Å². The molecule has 4 rings (SSSR count). The van der Waals surface area contributed by atoms with Crippen molar-refractivity contribution in [2.75, 3.05) is 13.1 Å². The van der Waals surface area contributed by atoms with Crippen molar-refractivity contribution in [1.82, 2.24) is 14.3 Å². The Hall–Kier alpha value is -2.74. The molecule has 0 radical (unpaired) electrons. The molecule has 0 atom stereocenters. The number of imidazole rings is 1. The Morgan fingerprint density at radius 2 is 1.70 bits per heavy atom. The molecule has 2 aromatic heterocycles. The Labute approximate surface area is 182 Å². The van der Waals surface area contributed by atoms with E-state index in [2.05, 4.69) is 9.97 Å². The van der Waals surface area contributed by atoms with Crippen LogP contribution in [0.15, 0.2) is 77.8 Å². The van der Waals surface area contributed by atoms with Gasteiger partial charge < -0.3 is 12.4 Å². The van der Waals surface area contributed by atoms with Gasteiger partial charge in [-0.05, 0) is 36.4 Å². The fourth-order valence-electron chi connectivity index (χ4n) is 3.52. The van der Waals surface area contributed by atoms with Crippen LogP contribution in [0.4, 0.5) is 0 Å². The van der Waals surface area contributed by atoms with Gasteiger partial charge in [-0.2, -0.15) is 8.87 Å². The van der Waals surface area contributed by atoms with Gasteiger partial charge in [-0.1, -0.05) is 38.1 Å². The van der Waals surface area contributed by atoms with E-state index in [0.29, 0.717) is 13.1 Å². The van der Waals surface area contributed by atoms with Crippen molar-refractivity contribution in [2.45, 2.75) is 18.7 Å². The number of aromatic nitrogens is 3. The average molecular weight is 443 g/mol. The van der Waals surface area contributed by atoms with Gasteiger partial charge in [-0.15, -0.1) is 4.98 Å². The van der Waals surface area contributed by atoms with E-state index in [0.717, 1.165) is 28.2 Å². The zero-order chi connectivity index (χ0) is 20.4. The molecule has 0 spiro atoms. The normalized spacial score (nSPS) is 11.6. The number of halogens is 1. The van der Waals surface area contributed by atoms with Crippen molar-refractivity contribution in [1.29, 1.82) is 0 Å². The Kier molecular flexibility index (Phi) is 6.55. The summed E-state index contributed by atoms with van der Waals surface area (Å²) in [6.07, 6.45) is 1.75. The quantitative estimate of drug-likeness (QED) is 0.443. The number of aromatic amines is 1. The third-order valence-electron chi connectivity index (χ3n) is 4.95. The maximum Gasteiger partial charge on any atom is 0.267 e. The summed E-state index contributed by atoms with van der Waals surface area (Å²) in [4.78, 5) is 8.21.